The lowest BCUT2D eigenvalue weighted by Crippen LogP contribution is -2.29. The fourth-order valence-electron chi connectivity index (χ4n) is 5.07. The zero-order valence-corrected chi connectivity index (χ0v) is 34.8. The van der Waals surface area contributed by atoms with Crippen LogP contribution in [0, 0.1) is 0 Å². The van der Waals surface area contributed by atoms with Gasteiger partial charge in [0, 0.05) is 12.8 Å². The SMILES string of the molecule is CCCCC/C=C\C/C=C\C/C=C\C/C=C\CCCCCC(=O)OC[C@H](COP(=O)(O)O)OC(=O)CCC/C=C\C/C=C\C/C=C\C/C=C\CC(O)CCC. The highest BCUT2D eigenvalue weighted by molar-refractivity contribution is 7.46. The third-order valence-electron chi connectivity index (χ3n) is 8.13. The van der Waals surface area contributed by atoms with E-state index in [4.69, 9.17) is 19.3 Å². The van der Waals surface area contributed by atoms with Crippen LogP contribution in [0.2, 0.25) is 0 Å². The molecule has 3 N–H and O–H groups in total. The number of aliphatic hydroxyl groups is 1. The summed E-state index contributed by atoms with van der Waals surface area (Å²) in [5, 5.41) is 9.71. The predicted molar refractivity (Wildman–Crippen MR) is 226 cm³/mol. The van der Waals surface area contributed by atoms with Gasteiger partial charge in [-0.2, -0.15) is 0 Å². The number of phosphoric acid groups is 1. The predicted octanol–water partition coefficient (Wildman–Crippen LogP) is 11.6. The van der Waals surface area contributed by atoms with E-state index < -0.39 is 32.5 Å². The normalized spacial score (nSPS) is 14.1. The van der Waals surface area contributed by atoms with Crippen molar-refractivity contribution in [2.45, 2.75) is 161 Å². The molecule has 0 aliphatic carbocycles. The van der Waals surface area contributed by atoms with Gasteiger partial charge < -0.3 is 24.4 Å². The minimum absolute atomic E-state index is 0.108. The smallest absolute Gasteiger partial charge is 0.462 e. The molecule has 0 aromatic rings. The van der Waals surface area contributed by atoms with Crippen molar-refractivity contribution in [1.29, 1.82) is 0 Å². The largest absolute Gasteiger partial charge is 0.469 e. The summed E-state index contributed by atoms with van der Waals surface area (Å²) in [6.07, 6.45) is 50.5. The minimum atomic E-state index is -4.79. The van der Waals surface area contributed by atoms with Gasteiger partial charge in [0.05, 0.1) is 12.7 Å². The third kappa shape index (κ3) is 41.9. The van der Waals surface area contributed by atoms with Crippen molar-refractivity contribution in [3.8, 4) is 0 Å². The molecule has 0 aliphatic heterocycles. The van der Waals surface area contributed by atoms with E-state index in [2.05, 4.69) is 97.4 Å². The Morgan fingerprint density at radius 2 is 1.00 bits per heavy atom. The molecule has 1 unspecified atom stereocenters. The van der Waals surface area contributed by atoms with Crippen LogP contribution in [0.3, 0.4) is 0 Å². The highest BCUT2D eigenvalue weighted by Gasteiger charge is 2.22. The second-order valence-electron chi connectivity index (χ2n) is 13.4. The van der Waals surface area contributed by atoms with Gasteiger partial charge >= 0.3 is 19.8 Å². The van der Waals surface area contributed by atoms with Gasteiger partial charge in [-0.25, -0.2) is 4.57 Å². The Morgan fingerprint density at radius 3 is 1.49 bits per heavy atom. The van der Waals surface area contributed by atoms with E-state index in [9.17, 15) is 19.3 Å². The van der Waals surface area contributed by atoms with E-state index in [1.165, 1.54) is 25.7 Å². The lowest BCUT2D eigenvalue weighted by molar-refractivity contribution is -0.161. The molecule has 10 heteroatoms. The number of allylic oxidation sites excluding steroid dienone is 15. The maximum atomic E-state index is 12.4. The van der Waals surface area contributed by atoms with Crippen molar-refractivity contribution in [3.63, 3.8) is 0 Å². The molecule has 0 rings (SSSR count). The van der Waals surface area contributed by atoms with Gasteiger partial charge in [-0.05, 0) is 96.3 Å². The Kier molecular flexibility index (Phi) is 37.0. The quantitative estimate of drug-likeness (QED) is 0.0245. The monoisotopic (exact) mass is 788 g/mol. The maximum Gasteiger partial charge on any atom is 0.469 e. The van der Waals surface area contributed by atoms with Crippen molar-refractivity contribution < 1.29 is 43.0 Å². The van der Waals surface area contributed by atoms with Crippen molar-refractivity contribution in [2.24, 2.45) is 0 Å². The molecule has 0 amide bonds. The highest BCUT2D eigenvalue weighted by Crippen LogP contribution is 2.36. The second kappa shape index (κ2) is 39.2. The zero-order chi connectivity index (χ0) is 40.5. The molecule has 2 atom stereocenters. The molecule has 312 valence electrons. The molecule has 0 fully saturated rings. The molecule has 55 heavy (non-hydrogen) atoms. The van der Waals surface area contributed by atoms with Crippen molar-refractivity contribution in [1.82, 2.24) is 0 Å². The fourth-order valence-corrected chi connectivity index (χ4v) is 5.43. The number of esters is 2. The number of rotatable bonds is 36. The Labute approximate surface area is 333 Å². The van der Waals surface area contributed by atoms with E-state index in [0.29, 0.717) is 25.7 Å². The van der Waals surface area contributed by atoms with E-state index in [1.807, 2.05) is 18.2 Å². The summed E-state index contributed by atoms with van der Waals surface area (Å²) in [7, 11) is -4.79. The van der Waals surface area contributed by atoms with Crippen LogP contribution in [0.5, 0.6) is 0 Å². The summed E-state index contributed by atoms with van der Waals surface area (Å²) in [4.78, 5) is 42.8. The van der Waals surface area contributed by atoms with Crippen LogP contribution in [0.4, 0.5) is 0 Å². The standard InChI is InChI=1S/C45H73O9P/c1-3-5-6-7-8-9-10-11-12-13-14-15-16-19-22-25-28-31-34-38-44(47)52-40-43(41-53-55(49,50)51)54-45(48)39-35-32-29-26-23-20-17-18-21-24-27-30-33-37-42(46)36-4-2/h8-9,11-12,14-15,17,19-22,24,26,29-30,33,42-43,46H,3-7,10,13,16,18,23,25,27-28,31-32,34-41H2,1-2H3,(H2,49,50,51)/b9-8-,12-11-,15-14-,20-17-,22-19-,24-21-,29-26-,33-30-/t42?,43-/m1/s1. The van der Waals surface area contributed by atoms with Crippen molar-refractivity contribution in [2.75, 3.05) is 13.2 Å². The van der Waals surface area contributed by atoms with Gasteiger partial charge in [-0.1, -0.05) is 137 Å². The molecular weight excluding hydrogens is 715 g/mol. The van der Waals surface area contributed by atoms with E-state index in [-0.39, 0.29) is 25.6 Å². The summed E-state index contributed by atoms with van der Waals surface area (Å²) < 4.78 is 26.3. The Balaban J connectivity index is 4.14. The molecule has 0 saturated carbocycles. The molecule has 0 aliphatic rings. The lowest BCUT2D eigenvalue weighted by atomic mass is 10.1. The van der Waals surface area contributed by atoms with Crippen LogP contribution in [-0.4, -0.2) is 52.3 Å². The number of phosphoric ester groups is 1. The third-order valence-corrected chi connectivity index (χ3v) is 8.62. The molecule has 0 radical (unpaired) electrons. The van der Waals surface area contributed by atoms with Crippen LogP contribution >= 0.6 is 7.82 Å². The molecular formula is C45H73O9P. The second-order valence-corrected chi connectivity index (χ2v) is 14.7. The molecule has 0 spiro atoms. The molecule has 0 bridgehead atoms. The first-order valence-electron chi connectivity index (χ1n) is 20.6. The van der Waals surface area contributed by atoms with Gasteiger partial charge in [-0.15, -0.1) is 0 Å². The number of carbonyl (C=O) groups excluding carboxylic acids is 2. The summed E-state index contributed by atoms with van der Waals surface area (Å²) in [6.45, 7) is 3.37. The Bertz CT molecular complexity index is 1220. The van der Waals surface area contributed by atoms with E-state index in [1.54, 1.807) is 0 Å². The molecule has 9 nitrogen and oxygen atoms in total. The Hall–Kier alpha value is -3.07. The number of unbranched alkanes of at least 4 members (excludes halogenated alkanes) is 7. The average molecular weight is 789 g/mol. The van der Waals surface area contributed by atoms with Crippen LogP contribution in [0.1, 0.15) is 149 Å². The van der Waals surface area contributed by atoms with Crippen LogP contribution in [-0.2, 0) is 28.2 Å². The molecule has 0 aromatic heterocycles. The first kappa shape index (κ1) is 51.9. The van der Waals surface area contributed by atoms with Crippen molar-refractivity contribution in [3.05, 3.63) is 97.2 Å². The lowest BCUT2D eigenvalue weighted by Gasteiger charge is -2.18. The molecule has 0 saturated heterocycles. The fraction of sp³-hybridized carbons (Fsp3) is 0.600. The summed E-state index contributed by atoms with van der Waals surface area (Å²) in [5.41, 5.74) is 0. The van der Waals surface area contributed by atoms with Crippen molar-refractivity contribution >= 4 is 19.8 Å². The average Bonchev–Trinajstić information content (AvgIpc) is 3.15. The summed E-state index contributed by atoms with van der Waals surface area (Å²) >= 11 is 0. The summed E-state index contributed by atoms with van der Waals surface area (Å²) in [6, 6.07) is 0. The number of carbonyl (C=O) groups is 2. The van der Waals surface area contributed by atoms with Gasteiger partial charge in [0.2, 0.25) is 0 Å². The number of hydrogen-bond donors (Lipinski definition) is 3. The van der Waals surface area contributed by atoms with Gasteiger partial charge in [-0.3, -0.25) is 14.1 Å². The van der Waals surface area contributed by atoms with Crippen LogP contribution < -0.4 is 0 Å². The zero-order valence-electron chi connectivity index (χ0n) is 33.9. The Morgan fingerprint density at radius 1 is 0.545 bits per heavy atom. The van der Waals surface area contributed by atoms with Crippen LogP contribution in [0.15, 0.2) is 97.2 Å². The summed E-state index contributed by atoms with van der Waals surface area (Å²) in [5.74, 6) is -1.02. The molecule has 0 heterocycles. The first-order chi connectivity index (χ1) is 26.7. The minimum Gasteiger partial charge on any atom is -0.462 e. The topological polar surface area (TPSA) is 140 Å². The van der Waals surface area contributed by atoms with E-state index >= 15 is 0 Å². The first-order valence-corrected chi connectivity index (χ1v) is 22.1. The number of hydrogen-bond acceptors (Lipinski definition) is 7. The van der Waals surface area contributed by atoms with Gasteiger partial charge in [0.25, 0.3) is 0 Å². The van der Waals surface area contributed by atoms with Gasteiger partial charge in [0.15, 0.2) is 6.10 Å². The van der Waals surface area contributed by atoms with Crippen LogP contribution in [0.25, 0.3) is 0 Å². The maximum absolute atomic E-state index is 12.4. The highest BCUT2D eigenvalue weighted by atomic mass is 31.2. The number of ether oxygens (including phenoxy) is 2. The number of aliphatic hydroxyl groups excluding tert-OH is 1. The van der Waals surface area contributed by atoms with E-state index in [0.717, 1.165) is 70.6 Å². The van der Waals surface area contributed by atoms with Gasteiger partial charge in [0.1, 0.15) is 6.61 Å². The molecule has 0 aromatic carbocycles.